The number of aryl methyl sites for hydroxylation is 1. The number of nitrogen functional groups attached to an aromatic ring is 1. The van der Waals surface area contributed by atoms with Crippen LogP contribution in [0.2, 0.25) is 0 Å². The number of Topliss-reactive ketones (excluding diaryl/α,β-unsaturated/α-hetero) is 1. The predicted octanol–water partition coefficient (Wildman–Crippen LogP) is 1.71. The molecule has 0 saturated carbocycles. The number of hydrogen-bond acceptors (Lipinski definition) is 9. The Balaban J connectivity index is 1.69. The maximum atomic E-state index is 12.1. The van der Waals surface area contributed by atoms with Gasteiger partial charge >= 0.3 is 0 Å². The molecule has 2 heterocycles. The Labute approximate surface area is 146 Å². The average Bonchev–Trinajstić information content (AvgIpc) is 2.89. The Bertz CT molecular complexity index is 807. The number of ketones is 1. The fourth-order valence-electron chi connectivity index (χ4n) is 2.59. The second kappa shape index (κ2) is 6.81. The second-order valence-corrected chi connectivity index (χ2v) is 7.87. The average molecular weight is 364 g/mol. The Morgan fingerprint density at radius 1 is 1.38 bits per heavy atom. The Kier molecular flexibility index (Phi) is 4.76. The molecule has 0 unspecified atom stereocenters. The molecule has 1 atom stereocenters. The van der Waals surface area contributed by atoms with Crippen molar-refractivity contribution in [2.75, 3.05) is 16.8 Å². The first-order valence-electron chi connectivity index (χ1n) is 7.34. The zero-order valence-electron chi connectivity index (χ0n) is 13.2. The predicted molar refractivity (Wildman–Crippen MR) is 92.3 cm³/mol. The molecule has 24 heavy (non-hydrogen) atoms. The number of nitrogens with one attached hydrogen (secondary N) is 1. The van der Waals surface area contributed by atoms with Crippen LogP contribution in [0.15, 0.2) is 4.34 Å². The highest BCUT2D eigenvalue weighted by atomic mass is 32.2. The van der Waals surface area contributed by atoms with Gasteiger partial charge in [-0.25, -0.2) is 9.97 Å². The van der Waals surface area contributed by atoms with Crippen LogP contribution in [0.3, 0.4) is 0 Å². The fourth-order valence-corrected chi connectivity index (χ4v) is 4.02. The molecular weight excluding hydrogens is 348 g/mol. The van der Waals surface area contributed by atoms with Gasteiger partial charge in [-0.1, -0.05) is 30.0 Å². The van der Waals surface area contributed by atoms with Crippen LogP contribution in [-0.2, 0) is 11.2 Å². The Morgan fingerprint density at radius 2 is 2.17 bits per heavy atom. The summed E-state index contributed by atoms with van der Waals surface area (Å²) in [6.07, 6.45) is 1.23. The molecule has 2 aromatic rings. The van der Waals surface area contributed by atoms with Gasteiger partial charge in [0.2, 0.25) is 17.0 Å². The number of aromatic nitrogens is 4. The normalized spacial score (nSPS) is 16.8. The lowest BCUT2D eigenvalue weighted by Gasteiger charge is -2.21. The van der Waals surface area contributed by atoms with Gasteiger partial charge in [-0.05, 0) is 19.3 Å². The topological polar surface area (TPSA) is 124 Å². The van der Waals surface area contributed by atoms with E-state index in [1.54, 1.807) is 6.92 Å². The van der Waals surface area contributed by atoms with Crippen molar-refractivity contribution in [3.8, 4) is 0 Å². The number of hydrogen-bond donors (Lipinski definition) is 2. The summed E-state index contributed by atoms with van der Waals surface area (Å²) >= 11 is 2.47. The van der Waals surface area contributed by atoms with E-state index in [0.29, 0.717) is 39.3 Å². The van der Waals surface area contributed by atoms with Crippen LogP contribution in [0, 0.1) is 12.8 Å². The summed E-state index contributed by atoms with van der Waals surface area (Å²) in [7, 11) is 0. The van der Waals surface area contributed by atoms with Gasteiger partial charge in [0.05, 0.1) is 22.7 Å². The molecule has 0 fully saturated rings. The van der Waals surface area contributed by atoms with Crippen molar-refractivity contribution >= 4 is 45.9 Å². The lowest BCUT2D eigenvalue weighted by molar-refractivity contribution is -0.113. The minimum absolute atomic E-state index is 0.0727. The van der Waals surface area contributed by atoms with Crippen molar-refractivity contribution in [1.82, 2.24) is 20.2 Å². The number of rotatable bonds is 4. The van der Waals surface area contributed by atoms with Crippen LogP contribution in [0.1, 0.15) is 35.1 Å². The van der Waals surface area contributed by atoms with E-state index < -0.39 is 0 Å². The zero-order valence-corrected chi connectivity index (χ0v) is 14.8. The monoisotopic (exact) mass is 364 g/mol. The van der Waals surface area contributed by atoms with E-state index in [4.69, 9.17) is 5.73 Å². The summed E-state index contributed by atoms with van der Waals surface area (Å²) in [5.74, 6) is 0.465. The standard InChI is InChI=1S/C14H16N6O2S2/c1-6-3-8-11(9(21)4-6)7(2)16-13(17-8)18-10(22)5-23-14-20-19-12(15)24-14/h6H,3-5H2,1-2H3,(H2,15,19)(H,16,17,18,22)/t6-/m1/s1. The van der Waals surface area contributed by atoms with Crippen molar-refractivity contribution in [3.63, 3.8) is 0 Å². The zero-order chi connectivity index (χ0) is 17.3. The van der Waals surface area contributed by atoms with Crippen LogP contribution < -0.4 is 11.1 Å². The van der Waals surface area contributed by atoms with Gasteiger partial charge < -0.3 is 5.73 Å². The van der Waals surface area contributed by atoms with Crippen molar-refractivity contribution in [3.05, 3.63) is 17.0 Å². The molecule has 0 aromatic carbocycles. The first-order chi connectivity index (χ1) is 11.4. The third-order valence-corrected chi connectivity index (χ3v) is 5.41. The highest BCUT2D eigenvalue weighted by molar-refractivity contribution is 8.01. The van der Waals surface area contributed by atoms with E-state index in [-0.39, 0.29) is 29.3 Å². The molecule has 0 bridgehead atoms. The third-order valence-electron chi connectivity index (χ3n) is 3.52. The van der Waals surface area contributed by atoms with Crippen LogP contribution >= 0.6 is 23.1 Å². The van der Waals surface area contributed by atoms with Gasteiger partial charge in [0, 0.05) is 6.42 Å². The number of nitrogens with zero attached hydrogens (tertiary/aromatic N) is 4. The van der Waals surface area contributed by atoms with E-state index >= 15 is 0 Å². The maximum absolute atomic E-state index is 12.1. The minimum Gasteiger partial charge on any atom is -0.374 e. The second-order valence-electron chi connectivity index (χ2n) is 5.63. The quantitative estimate of drug-likeness (QED) is 0.786. The molecule has 126 valence electrons. The maximum Gasteiger partial charge on any atom is 0.237 e. The molecule has 3 rings (SSSR count). The van der Waals surface area contributed by atoms with Crippen molar-refractivity contribution in [2.24, 2.45) is 5.92 Å². The van der Waals surface area contributed by atoms with E-state index in [1.807, 2.05) is 6.92 Å². The fraction of sp³-hybridized carbons (Fsp3) is 0.429. The SMILES string of the molecule is Cc1nc(NC(=O)CSc2nnc(N)s2)nc2c1C(=O)C[C@H](C)C2. The molecule has 0 aliphatic heterocycles. The molecule has 0 spiro atoms. The van der Waals surface area contributed by atoms with Gasteiger partial charge in [0.15, 0.2) is 10.1 Å². The number of carbonyl (C=O) groups is 2. The van der Waals surface area contributed by atoms with Crippen molar-refractivity contribution < 1.29 is 9.59 Å². The molecule has 1 aliphatic rings. The van der Waals surface area contributed by atoms with Crippen molar-refractivity contribution in [1.29, 1.82) is 0 Å². The number of nitrogens with two attached hydrogens (primary N) is 1. The molecule has 1 aliphatic carbocycles. The van der Waals surface area contributed by atoms with Gasteiger partial charge in [-0.2, -0.15) is 0 Å². The van der Waals surface area contributed by atoms with Crippen molar-refractivity contribution in [2.45, 2.75) is 31.0 Å². The molecule has 2 aromatic heterocycles. The molecule has 3 N–H and O–H groups in total. The van der Waals surface area contributed by atoms with Crippen LogP contribution in [0.25, 0.3) is 0 Å². The van der Waals surface area contributed by atoms with E-state index in [9.17, 15) is 9.59 Å². The first-order valence-corrected chi connectivity index (χ1v) is 9.15. The van der Waals surface area contributed by atoms with Gasteiger partial charge in [0.25, 0.3) is 0 Å². The molecular formula is C14H16N6O2S2. The number of thioether (sulfide) groups is 1. The Morgan fingerprint density at radius 3 is 2.88 bits per heavy atom. The largest absolute Gasteiger partial charge is 0.374 e. The van der Waals surface area contributed by atoms with E-state index in [1.165, 1.54) is 23.1 Å². The third kappa shape index (κ3) is 3.70. The summed E-state index contributed by atoms with van der Waals surface area (Å²) in [5, 5.41) is 10.6. The number of amides is 1. The number of fused-ring (bicyclic) bond motifs is 1. The molecule has 8 nitrogen and oxygen atoms in total. The highest BCUT2D eigenvalue weighted by Gasteiger charge is 2.26. The number of carbonyl (C=O) groups excluding carboxylic acids is 2. The lowest BCUT2D eigenvalue weighted by atomic mass is 9.86. The Hall–Kier alpha value is -2.07. The summed E-state index contributed by atoms with van der Waals surface area (Å²) in [4.78, 5) is 32.8. The van der Waals surface area contributed by atoms with E-state index in [0.717, 1.165) is 0 Å². The van der Waals surface area contributed by atoms with Crippen LogP contribution in [0.4, 0.5) is 11.1 Å². The van der Waals surface area contributed by atoms with Crippen LogP contribution in [-0.4, -0.2) is 37.6 Å². The van der Waals surface area contributed by atoms with Crippen LogP contribution in [0.5, 0.6) is 0 Å². The van der Waals surface area contributed by atoms with Gasteiger partial charge in [-0.3, -0.25) is 14.9 Å². The summed E-state index contributed by atoms with van der Waals surface area (Å²) in [5.41, 5.74) is 7.42. The molecule has 1 amide bonds. The van der Waals surface area contributed by atoms with Gasteiger partial charge in [-0.15, -0.1) is 10.2 Å². The van der Waals surface area contributed by atoms with E-state index in [2.05, 4.69) is 25.5 Å². The summed E-state index contributed by atoms with van der Waals surface area (Å²) in [6, 6.07) is 0. The minimum atomic E-state index is -0.247. The highest BCUT2D eigenvalue weighted by Crippen LogP contribution is 2.27. The van der Waals surface area contributed by atoms with Gasteiger partial charge in [0.1, 0.15) is 0 Å². The smallest absolute Gasteiger partial charge is 0.237 e. The summed E-state index contributed by atoms with van der Waals surface area (Å²) in [6.45, 7) is 3.78. The molecule has 0 saturated heterocycles. The first kappa shape index (κ1) is 16.8. The lowest BCUT2D eigenvalue weighted by Crippen LogP contribution is -2.24. The molecule has 0 radical (unpaired) electrons. The summed E-state index contributed by atoms with van der Waals surface area (Å²) < 4.78 is 0.629. The molecule has 10 heteroatoms. The number of anilines is 2.